The first-order valence-corrected chi connectivity index (χ1v) is 4.29. The fourth-order valence-electron chi connectivity index (χ4n) is 1.34. The van der Waals surface area contributed by atoms with E-state index in [4.69, 9.17) is 9.84 Å². The van der Waals surface area contributed by atoms with Gasteiger partial charge in [-0.2, -0.15) is 0 Å². The number of carbonyl (C=O) groups excluding carboxylic acids is 1. The van der Waals surface area contributed by atoms with Crippen LogP contribution in [0.5, 0.6) is 0 Å². The molecule has 1 radical (unpaired) electrons. The van der Waals surface area contributed by atoms with Crippen molar-refractivity contribution in [2.24, 2.45) is 0 Å². The summed E-state index contributed by atoms with van der Waals surface area (Å²) in [5.74, 6) is -0.361. The molecule has 0 aliphatic carbocycles. The Balaban J connectivity index is 2.63. The molecule has 1 saturated heterocycles. The lowest BCUT2D eigenvalue weighted by molar-refractivity contribution is -0.138. The average molecular weight is 204 g/mol. The van der Waals surface area contributed by atoms with Gasteiger partial charge in [-0.3, -0.25) is 4.79 Å². The van der Waals surface area contributed by atoms with Gasteiger partial charge in [0.1, 0.15) is 24.9 Å². The molecule has 0 aromatic heterocycles. The van der Waals surface area contributed by atoms with Gasteiger partial charge in [0, 0.05) is 6.92 Å². The highest BCUT2D eigenvalue weighted by Gasteiger charge is 2.39. The van der Waals surface area contributed by atoms with Crippen LogP contribution < -0.4 is 5.32 Å². The summed E-state index contributed by atoms with van der Waals surface area (Å²) < 4.78 is 4.84. The Bertz CT molecular complexity index is 210. The zero-order chi connectivity index (χ0) is 10.7. The van der Waals surface area contributed by atoms with Crippen LogP contribution in [0.1, 0.15) is 6.92 Å². The minimum absolute atomic E-state index is 0.361. The first-order chi connectivity index (χ1) is 6.56. The number of hydrogen-bond acceptors (Lipinski definition) is 5. The molecule has 1 heterocycles. The second-order valence-corrected chi connectivity index (χ2v) is 3.20. The van der Waals surface area contributed by atoms with Gasteiger partial charge in [0.15, 0.2) is 0 Å². The predicted molar refractivity (Wildman–Crippen MR) is 45.9 cm³/mol. The minimum atomic E-state index is -1.12. The zero-order valence-corrected chi connectivity index (χ0v) is 7.75. The first kappa shape index (κ1) is 11.4. The van der Waals surface area contributed by atoms with Gasteiger partial charge in [0.2, 0.25) is 5.91 Å². The topological polar surface area (TPSA) is 99.0 Å². The summed E-state index contributed by atoms with van der Waals surface area (Å²) in [5, 5.41) is 30.1. The fourth-order valence-corrected chi connectivity index (χ4v) is 1.34. The molecular formula is C8H14NO5. The van der Waals surface area contributed by atoms with Gasteiger partial charge in [-0.1, -0.05) is 0 Å². The number of nitrogens with one attached hydrogen (secondary N) is 1. The van der Waals surface area contributed by atoms with Gasteiger partial charge in [-0.15, -0.1) is 0 Å². The number of aliphatic hydroxyl groups excluding tert-OH is 3. The smallest absolute Gasteiger partial charge is 0.217 e. The van der Waals surface area contributed by atoms with Gasteiger partial charge in [0.25, 0.3) is 0 Å². The fraction of sp³-hybridized carbons (Fsp3) is 0.750. The Morgan fingerprint density at radius 1 is 1.57 bits per heavy atom. The maximum Gasteiger partial charge on any atom is 0.217 e. The van der Waals surface area contributed by atoms with E-state index in [2.05, 4.69) is 5.32 Å². The molecule has 0 bridgehead atoms. The molecule has 0 unspecified atom stereocenters. The highest BCUT2D eigenvalue weighted by molar-refractivity contribution is 5.73. The van der Waals surface area contributed by atoms with Gasteiger partial charge in [0.05, 0.1) is 12.6 Å². The van der Waals surface area contributed by atoms with E-state index in [0.717, 1.165) is 6.61 Å². The molecule has 0 aromatic carbocycles. The van der Waals surface area contributed by atoms with Crippen LogP contribution in [0.4, 0.5) is 0 Å². The van der Waals surface area contributed by atoms with Crippen molar-refractivity contribution in [1.29, 1.82) is 0 Å². The number of rotatable bonds is 2. The van der Waals surface area contributed by atoms with Crippen molar-refractivity contribution >= 4 is 5.91 Å². The van der Waals surface area contributed by atoms with E-state index in [0.29, 0.717) is 0 Å². The second-order valence-electron chi connectivity index (χ2n) is 3.20. The van der Waals surface area contributed by atoms with Gasteiger partial charge in [-0.25, -0.2) is 0 Å². The Morgan fingerprint density at radius 3 is 2.71 bits per heavy atom. The maximum absolute atomic E-state index is 10.7. The van der Waals surface area contributed by atoms with Crippen molar-refractivity contribution < 1.29 is 24.9 Å². The van der Waals surface area contributed by atoms with Crippen molar-refractivity contribution in [1.82, 2.24) is 5.32 Å². The third-order valence-electron chi connectivity index (χ3n) is 2.06. The molecule has 0 aromatic rings. The maximum atomic E-state index is 10.7. The average Bonchev–Trinajstić information content (AvgIpc) is 2.12. The van der Waals surface area contributed by atoms with Crippen LogP contribution in [-0.2, 0) is 9.53 Å². The molecular weight excluding hydrogens is 190 g/mol. The quantitative estimate of drug-likeness (QED) is 0.408. The number of hydrogen-bond donors (Lipinski definition) is 4. The highest BCUT2D eigenvalue weighted by atomic mass is 16.5. The predicted octanol–water partition coefficient (Wildman–Crippen LogP) is -2.23. The normalized spacial score (nSPS) is 38.0. The molecule has 14 heavy (non-hydrogen) atoms. The van der Waals surface area contributed by atoms with Crippen LogP contribution in [-0.4, -0.2) is 52.2 Å². The summed E-state index contributed by atoms with van der Waals surface area (Å²) in [4.78, 5) is 10.7. The van der Waals surface area contributed by atoms with Crippen molar-refractivity contribution in [2.45, 2.75) is 31.3 Å². The van der Waals surface area contributed by atoms with Crippen LogP contribution in [0.25, 0.3) is 0 Å². The van der Waals surface area contributed by atoms with Crippen LogP contribution in [0.15, 0.2) is 0 Å². The highest BCUT2D eigenvalue weighted by Crippen LogP contribution is 2.17. The standard InChI is InChI=1S/C8H14NO5/c1-4(11)9-7-5(12)3-14-6(2-10)8(7)13/h3,5-8,10,12-13H,2H2,1H3,(H,9,11)/t5-,6+,7+,8+/m0/s1. The summed E-state index contributed by atoms with van der Waals surface area (Å²) in [7, 11) is 0. The summed E-state index contributed by atoms with van der Waals surface area (Å²) in [5.41, 5.74) is 0. The zero-order valence-electron chi connectivity index (χ0n) is 7.75. The van der Waals surface area contributed by atoms with E-state index in [1.165, 1.54) is 6.92 Å². The molecule has 6 heteroatoms. The van der Waals surface area contributed by atoms with Crippen LogP contribution in [0.2, 0.25) is 0 Å². The Labute approximate surface area is 81.5 Å². The molecule has 6 nitrogen and oxygen atoms in total. The molecule has 1 fully saturated rings. The Kier molecular flexibility index (Phi) is 3.82. The lowest BCUT2D eigenvalue weighted by Crippen LogP contribution is -2.59. The van der Waals surface area contributed by atoms with Crippen LogP contribution in [0, 0.1) is 6.61 Å². The Morgan fingerprint density at radius 2 is 2.21 bits per heavy atom. The molecule has 0 spiro atoms. The van der Waals surface area contributed by atoms with E-state index in [1.54, 1.807) is 0 Å². The monoisotopic (exact) mass is 204 g/mol. The van der Waals surface area contributed by atoms with Crippen molar-refractivity contribution in [3.63, 3.8) is 0 Å². The molecule has 4 atom stereocenters. The van der Waals surface area contributed by atoms with Crippen molar-refractivity contribution in [3.05, 3.63) is 6.61 Å². The third kappa shape index (κ3) is 2.42. The largest absolute Gasteiger partial charge is 0.394 e. The summed E-state index contributed by atoms with van der Waals surface area (Å²) in [6.07, 6.45) is -3.00. The summed E-state index contributed by atoms with van der Waals surface area (Å²) in [6.45, 7) is 2.00. The summed E-state index contributed by atoms with van der Waals surface area (Å²) >= 11 is 0. The number of amides is 1. The molecule has 81 valence electrons. The molecule has 0 saturated carbocycles. The molecule has 4 N–H and O–H groups in total. The number of ether oxygens (including phenoxy) is 1. The van der Waals surface area contributed by atoms with E-state index in [-0.39, 0.29) is 12.5 Å². The van der Waals surface area contributed by atoms with E-state index < -0.39 is 24.4 Å². The van der Waals surface area contributed by atoms with Gasteiger partial charge < -0.3 is 25.4 Å². The third-order valence-corrected chi connectivity index (χ3v) is 2.06. The SMILES string of the molecule is CC(=O)N[C@H]1[C@H](O)[C@@H](CO)O[CH][C@@H]1O. The van der Waals surface area contributed by atoms with Crippen molar-refractivity contribution in [3.8, 4) is 0 Å². The molecule has 1 rings (SSSR count). The van der Waals surface area contributed by atoms with E-state index >= 15 is 0 Å². The van der Waals surface area contributed by atoms with Gasteiger partial charge in [-0.05, 0) is 0 Å². The number of carbonyl (C=O) groups is 1. The first-order valence-electron chi connectivity index (χ1n) is 4.29. The minimum Gasteiger partial charge on any atom is -0.394 e. The lowest BCUT2D eigenvalue weighted by atomic mass is 9.97. The van der Waals surface area contributed by atoms with E-state index in [1.807, 2.05) is 0 Å². The molecule has 1 aliphatic heterocycles. The molecule has 1 aliphatic rings. The van der Waals surface area contributed by atoms with Crippen molar-refractivity contribution in [2.75, 3.05) is 6.61 Å². The Hall–Kier alpha value is -0.690. The van der Waals surface area contributed by atoms with Crippen LogP contribution >= 0.6 is 0 Å². The summed E-state index contributed by atoms with van der Waals surface area (Å²) in [6, 6.07) is -0.835. The van der Waals surface area contributed by atoms with Crippen LogP contribution in [0.3, 0.4) is 0 Å². The molecule has 1 amide bonds. The van der Waals surface area contributed by atoms with Gasteiger partial charge >= 0.3 is 0 Å². The van der Waals surface area contributed by atoms with E-state index in [9.17, 15) is 15.0 Å². The number of aliphatic hydroxyl groups is 3. The lowest BCUT2D eigenvalue weighted by Gasteiger charge is -2.37. The second kappa shape index (κ2) is 4.70.